The molecule has 2 heterocycles. The number of nitrogens with zero attached hydrogens (tertiary/aromatic N) is 4. The Morgan fingerprint density at radius 1 is 1.33 bits per heavy atom. The summed E-state index contributed by atoms with van der Waals surface area (Å²) in [6.07, 6.45) is 1.06. The van der Waals surface area contributed by atoms with Gasteiger partial charge in [0.25, 0.3) is 0 Å². The van der Waals surface area contributed by atoms with Crippen LogP contribution in [0.4, 0.5) is 5.69 Å². The first-order valence-electron chi connectivity index (χ1n) is 9.37. The lowest BCUT2D eigenvalue weighted by molar-refractivity contribution is 0.415. The molecule has 27 heavy (non-hydrogen) atoms. The smallest absolute Gasteiger partial charge is 0.191 e. The lowest BCUT2D eigenvalue weighted by Crippen LogP contribution is -2.44. The van der Waals surface area contributed by atoms with E-state index in [0.717, 1.165) is 42.6 Å². The highest BCUT2D eigenvalue weighted by Crippen LogP contribution is 2.30. The van der Waals surface area contributed by atoms with Gasteiger partial charge in [0.1, 0.15) is 5.75 Å². The number of hydrogen-bond acceptors (Lipinski definition) is 4. The number of guanidine groups is 1. The van der Waals surface area contributed by atoms with E-state index >= 15 is 0 Å². The zero-order valence-corrected chi connectivity index (χ0v) is 16.9. The Morgan fingerprint density at radius 3 is 2.78 bits per heavy atom. The summed E-state index contributed by atoms with van der Waals surface area (Å²) in [6, 6.07) is 8.52. The van der Waals surface area contributed by atoms with Crippen LogP contribution in [-0.4, -0.2) is 49.0 Å². The lowest BCUT2D eigenvalue weighted by Gasteiger charge is -2.22. The molecule has 1 aliphatic rings. The topological polar surface area (TPSA) is 66.7 Å². The second kappa shape index (κ2) is 8.33. The number of aliphatic imine (C=N–C) groups is 1. The number of nitrogens with one attached hydrogen (secondary N) is 2. The minimum atomic E-state index is 0.345. The number of aromatic nitrogens is 2. The fourth-order valence-corrected chi connectivity index (χ4v) is 3.62. The van der Waals surface area contributed by atoms with Crippen LogP contribution in [0.1, 0.15) is 23.4 Å². The molecule has 2 N–H and O–H groups in total. The Kier molecular flexibility index (Phi) is 5.88. The number of methoxy groups -OCH3 is 1. The Hall–Kier alpha value is -2.70. The Labute approximate surface area is 161 Å². The van der Waals surface area contributed by atoms with E-state index in [1.54, 1.807) is 7.11 Å². The van der Waals surface area contributed by atoms with Crippen LogP contribution in [-0.2, 0) is 13.6 Å². The number of anilines is 1. The van der Waals surface area contributed by atoms with E-state index in [4.69, 9.17) is 4.74 Å². The van der Waals surface area contributed by atoms with Crippen molar-refractivity contribution in [3.05, 3.63) is 41.2 Å². The molecule has 1 fully saturated rings. The van der Waals surface area contributed by atoms with Crippen molar-refractivity contribution < 1.29 is 4.74 Å². The summed E-state index contributed by atoms with van der Waals surface area (Å²) < 4.78 is 7.42. The van der Waals surface area contributed by atoms with Gasteiger partial charge in [-0.3, -0.25) is 9.67 Å². The number of rotatable bonds is 5. The molecule has 1 aliphatic heterocycles. The molecule has 1 unspecified atom stereocenters. The summed E-state index contributed by atoms with van der Waals surface area (Å²) in [4.78, 5) is 6.75. The van der Waals surface area contributed by atoms with E-state index in [-0.39, 0.29) is 0 Å². The van der Waals surface area contributed by atoms with Gasteiger partial charge in [0, 0.05) is 51.0 Å². The van der Waals surface area contributed by atoms with Crippen LogP contribution in [0.3, 0.4) is 0 Å². The summed E-state index contributed by atoms with van der Waals surface area (Å²) in [5, 5.41) is 11.5. The van der Waals surface area contributed by atoms with E-state index in [1.165, 1.54) is 11.3 Å². The number of benzene rings is 1. The highest BCUT2D eigenvalue weighted by molar-refractivity contribution is 5.80. The van der Waals surface area contributed by atoms with Crippen molar-refractivity contribution in [3.63, 3.8) is 0 Å². The second-order valence-corrected chi connectivity index (χ2v) is 6.95. The molecule has 0 radical (unpaired) electrons. The van der Waals surface area contributed by atoms with Gasteiger partial charge in [0.2, 0.25) is 0 Å². The molecule has 0 bridgehead atoms. The summed E-state index contributed by atoms with van der Waals surface area (Å²) in [5.41, 5.74) is 4.61. The number of ether oxygens (including phenoxy) is 1. The zero-order valence-electron chi connectivity index (χ0n) is 16.9. The van der Waals surface area contributed by atoms with Gasteiger partial charge in [-0.25, -0.2) is 0 Å². The van der Waals surface area contributed by atoms with Crippen LogP contribution in [0.25, 0.3) is 0 Å². The highest BCUT2D eigenvalue weighted by Gasteiger charge is 2.25. The first kappa shape index (κ1) is 19.1. The molecule has 146 valence electrons. The van der Waals surface area contributed by atoms with Gasteiger partial charge >= 0.3 is 0 Å². The van der Waals surface area contributed by atoms with E-state index in [9.17, 15) is 0 Å². The molecule has 2 aromatic rings. The van der Waals surface area contributed by atoms with E-state index < -0.39 is 0 Å². The standard InChI is InChI=1S/C20H30N6O/c1-14-17(15(2)25(4)24-14)12-22-20(21-3)23-16-10-11-26(13-16)18-8-6-7-9-19(18)27-5/h6-9,16H,10-13H2,1-5H3,(H2,21,22,23). The largest absolute Gasteiger partial charge is 0.495 e. The molecule has 3 rings (SSSR count). The van der Waals surface area contributed by atoms with Gasteiger partial charge in [-0.1, -0.05) is 12.1 Å². The fourth-order valence-electron chi connectivity index (χ4n) is 3.62. The molecule has 7 nitrogen and oxygen atoms in total. The van der Waals surface area contributed by atoms with Crippen molar-refractivity contribution in [2.24, 2.45) is 12.0 Å². The van der Waals surface area contributed by atoms with Gasteiger partial charge in [-0.15, -0.1) is 0 Å². The van der Waals surface area contributed by atoms with Crippen molar-refractivity contribution in [2.45, 2.75) is 32.9 Å². The lowest BCUT2D eigenvalue weighted by atomic mass is 10.2. The highest BCUT2D eigenvalue weighted by atomic mass is 16.5. The van der Waals surface area contributed by atoms with Crippen LogP contribution in [0, 0.1) is 13.8 Å². The third kappa shape index (κ3) is 4.18. The minimum absolute atomic E-state index is 0.345. The van der Waals surface area contributed by atoms with Crippen molar-refractivity contribution in [1.82, 2.24) is 20.4 Å². The third-order valence-electron chi connectivity index (χ3n) is 5.27. The quantitative estimate of drug-likeness (QED) is 0.622. The number of aryl methyl sites for hydroxylation is 2. The number of para-hydroxylation sites is 2. The Bertz CT molecular complexity index is 813. The van der Waals surface area contributed by atoms with Gasteiger partial charge in [-0.05, 0) is 32.4 Å². The predicted octanol–water partition coefficient (Wildman–Crippen LogP) is 1.99. The van der Waals surface area contributed by atoms with Crippen LogP contribution in [0.15, 0.2) is 29.3 Å². The van der Waals surface area contributed by atoms with Gasteiger partial charge in [0.05, 0.1) is 18.5 Å². The zero-order chi connectivity index (χ0) is 19.4. The Morgan fingerprint density at radius 2 is 2.11 bits per heavy atom. The van der Waals surface area contributed by atoms with E-state index in [0.29, 0.717) is 12.6 Å². The summed E-state index contributed by atoms with van der Waals surface area (Å²) in [6.45, 7) is 6.77. The van der Waals surface area contributed by atoms with Crippen LogP contribution in [0.2, 0.25) is 0 Å². The molecule has 7 heteroatoms. The molecular weight excluding hydrogens is 340 g/mol. The molecule has 1 aromatic heterocycles. The van der Waals surface area contributed by atoms with Gasteiger partial charge in [0.15, 0.2) is 5.96 Å². The first-order valence-corrected chi connectivity index (χ1v) is 9.37. The normalized spacial score (nSPS) is 17.3. The summed E-state index contributed by atoms with van der Waals surface area (Å²) >= 11 is 0. The van der Waals surface area contributed by atoms with Crippen LogP contribution < -0.4 is 20.3 Å². The monoisotopic (exact) mass is 370 g/mol. The third-order valence-corrected chi connectivity index (χ3v) is 5.27. The first-order chi connectivity index (χ1) is 13.0. The number of hydrogen-bond donors (Lipinski definition) is 2. The molecular formula is C20H30N6O. The molecule has 1 saturated heterocycles. The van der Waals surface area contributed by atoms with Crippen molar-refractivity contribution >= 4 is 11.6 Å². The molecule has 0 aliphatic carbocycles. The molecule has 0 saturated carbocycles. The summed E-state index contributed by atoms with van der Waals surface area (Å²) in [5.74, 6) is 1.74. The summed E-state index contributed by atoms with van der Waals surface area (Å²) in [7, 11) is 5.51. The molecule has 1 aromatic carbocycles. The Balaban J connectivity index is 1.58. The average Bonchev–Trinajstić information content (AvgIpc) is 3.23. The minimum Gasteiger partial charge on any atom is -0.495 e. The van der Waals surface area contributed by atoms with E-state index in [2.05, 4.69) is 44.7 Å². The van der Waals surface area contributed by atoms with Crippen molar-refractivity contribution in [2.75, 3.05) is 32.1 Å². The van der Waals surface area contributed by atoms with Gasteiger partial charge in [-0.2, -0.15) is 5.10 Å². The van der Waals surface area contributed by atoms with Crippen molar-refractivity contribution in [3.8, 4) is 5.75 Å². The predicted molar refractivity (Wildman–Crippen MR) is 110 cm³/mol. The fraction of sp³-hybridized carbons (Fsp3) is 0.500. The van der Waals surface area contributed by atoms with Crippen LogP contribution in [0.5, 0.6) is 5.75 Å². The maximum absolute atomic E-state index is 5.50. The SMILES string of the molecule is CN=C(NCc1c(C)nn(C)c1C)NC1CCN(c2ccccc2OC)C1. The molecule has 1 atom stereocenters. The van der Waals surface area contributed by atoms with Gasteiger partial charge < -0.3 is 20.3 Å². The van der Waals surface area contributed by atoms with Crippen molar-refractivity contribution in [1.29, 1.82) is 0 Å². The average molecular weight is 371 g/mol. The molecule has 0 spiro atoms. The maximum atomic E-state index is 5.50. The van der Waals surface area contributed by atoms with E-state index in [1.807, 2.05) is 37.8 Å². The molecule has 0 amide bonds. The second-order valence-electron chi connectivity index (χ2n) is 6.95. The van der Waals surface area contributed by atoms with Crippen LogP contribution >= 0.6 is 0 Å². The maximum Gasteiger partial charge on any atom is 0.191 e.